The van der Waals surface area contributed by atoms with Crippen LogP contribution >= 0.6 is 23.1 Å². The van der Waals surface area contributed by atoms with Crippen molar-refractivity contribution < 1.29 is 0 Å². The first kappa shape index (κ1) is 18.1. The van der Waals surface area contributed by atoms with Gasteiger partial charge >= 0.3 is 0 Å². The van der Waals surface area contributed by atoms with Gasteiger partial charge in [-0.05, 0) is 29.7 Å². The minimum Gasteiger partial charge on any atom is -0.148 e. The fraction of sp³-hybridized carbons (Fsp3) is 0.700. The lowest BCUT2D eigenvalue weighted by molar-refractivity contribution is 0.295. The molecule has 2 heteroatoms. The average molecular weight is 337 g/mol. The molecule has 1 aromatic rings. The molecular weight excluding hydrogens is 304 g/mol. The molecule has 0 saturated carbocycles. The van der Waals surface area contributed by atoms with E-state index in [1.54, 1.807) is 4.88 Å². The lowest BCUT2D eigenvalue weighted by Crippen LogP contribution is -2.22. The molecule has 0 nitrogen and oxygen atoms in total. The van der Waals surface area contributed by atoms with Gasteiger partial charge < -0.3 is 0 Å². The first-order valence-electron chi connectivity index (χ1n) is 9.19. The third kappa shape index (κ3) is 4.89. The summed E-state index contributed by atoms with van der Waals surface area (Å²) in [4.78, 5) is 1.58. The molecule has 1 aliphatic heterocycles. The van der Waals surface area contributed by atoms with Gasteiger partial charge in [0.2, 0.25) is 0 Å². The standard InChI is InChI=1S/C20H32S2/c1-3-5-7-9-13-20(14-10-8-6-4-2)15-17-22-19(20)18-12-11-16-21-18/h11-12,15-17,19H,3-10,13-14H2,1-2H3. The van der Waals surface area contributed by atoms with Crippen molar-refractivity contribution >= 4 is 23.1 Å². The van der Waals surface area contributed by atoms with Gasteiger partial charge in [0.15, 0.2) is 0 Å². The van der Waals surface area contributed by atoms with E-state index in [9.17, 15) is 0 Å². The Labute approximate surface area is 145 Å². The SMILES string of the molecule is CCCCCCC1(CCCCCC)C=CSC1c1cccs1. The third-order valence-corrected chi connectivity index (χ3v) is 7.31. The smallest absolute Gasteiger partial charge is 0.0523 e. The van der Waals surface area contributed by atoms with Crippen LogP contribution in [-0.2, 0) is 0 Å². The molecule has 0 spiro atoms. The molecule has 1 atom stereocenters. The van der Waals surface area contributed by atoms with Crippen molar-refractivity contribution in [1.29, 1.82) is 0 Å². The van der Waals surface area contributed by atoms with E-state index in [4.69, 9.17) is 0 Å². The van der Waals surface area contributed by atoms with Gasteiger partial charge in [-0.2, -0.15) is 0 Å². The van der Waals surface area contributed by atoms with Crippen molar-refractivity contribution in [3.05, 3.63) is 33.9 Å². The zero-order valence-corrected chi connectivity index (χ0v) is 16.0. The third-order valence-electron chi connectivity index (χ3n) is 4.93. The molecule has 0 fully saturated rings. The zero-order valence-electron chi connectivity index (χ0n) is 14.4. The van der Waals surface area contributed by atoms with Gasteiger partial charge in [0, 0.05) is 10.3 Å². The van der Waals surface area contributed by atoms with Gasteiger partial charge in [0.1, 0.15) is 0 Å². The van der Waals surface area contributed by atoms with Crippen LogP contribution in [0.15, 0.2) is 29.0 Å². The van der Waals surface area contributed by atoms with E-state index in [-0.39, 0.29) is 0 Å². The van der Waals surface area contributed by atoms with Gasteiger partial charge in [0.25, 0.3) is 0 Å². The molecule has 0 amide bonds. The monoisotopic (exact) mass is 336 g/mol. The lowest BCUT2D eigenvalue weighted by atomic mass is 9.74. The normalized spacial score (nSPS) is 19.8. The molecule has 0 N–H and O–H groups in total. The Kier molecular flexibility index (Phi) is 8.10. The fourth-order valence-electron chi connectivity index (χ4n) is 3.58. The summed E-state index contributed by atoms with van der Waals surface area (Å²) in [7, 11) is 0. The Morgan fingerprint density at radius 1 is 0.955 bits per heavy atom. The molecule has 0 bridgehead atoms. The Hall–Kier alpha value is -0.210. The second-order valence-electron chi connectivity index (χ2n) is 6.69. The molecule has 22 heavy (non-hydrogen) atoms. The van der Waals surface area contributed by atoms with Crippen LogP contribution in [0.25, 0.3) is 0 Å². The summed E-state index contributed by atoms with van der Waals surface area (Å²) in [6, 6.07) is 4.57. The van der Waals surface area contributed by atoms with Gasteiger partial charge in [0.05, 0.1) is 5.25 Å². The zero-order chi connectivity index (χ0) is 15.7. The van der Waals surface area contributed by atoms with Crippen LogP contribution in [0.4, 0.5) is 0 Å². The molecule has 0 aliphatic carbocycles. The maximum Gasteiger partial charge on any atom is 0.0523 e. The number of rotatable bonds is 11. The highest BCUT2D eigenvalue weighted by molar-refractivity contribution is 8.02. The van der Waals surface area contributed by atoms with Crippen molar-refractivity contribution in [1.82, 2.24) is 0 Å². The van der Waals surface area contributed by atoms with Crippen LogP contribution < -0.4 is 0 Å². The first-order valence-corrected chi connectivity index (χ1v) is 11.0. The quantitative estimate of drug-likeness (QED) is 0.369. The van der Waals surface area contributed by atoms with E-state index in [2.05, 4.69) is 54.6 Å². The number of unbranched alkanes of at least 4 members (excludes halogenated alkanes) is 6. The largest absolute Gasteiger partial charge is 0.148 e. The van der Waals surface area contributed by atoms with Gasteiger partial charge in [-0.1, -0.05) is 77.4 Å². The van der Waals surface area contributed by atoms with E-state index in [0.29, 0.717) is 10.7 Å². The Bertz CT molecular complexity index is 407. The Morgan fingerprint density at radius 3 is 2.18 bits per heavy atom. The van der Waals surface area contributed by atoms with Crippen molar-refractivity contribution in [3.63, 3.8) is 0 Å². The molecule has 1 aliphatic rings. The highest BCUT2D eigenvalue weighted by Crippen LogP contribution is 2.57. The summed E-state index contributed by atoms with van der Waals surface area (Å²) in [6.07, 6.45) is 16.4. The molecule has 1 aromatic heterocycles. The van der Waals surface area contributed by atoms with Crippen LogP contribution in [0.1, 0.15) is 88.2 Å². The van der Waals surface area contributed by atoms with E-state index in [1.165, 1.54) is 64.2 Å². The first-order chi connectivity index (χ1) is 10.8. The minimum atomic E-state index is 0.428. The Balaban J connectivity index is 2.00. The Morgan fingerprint density at radius 2 is 1.64 bits per heavy atom. The van der Waals surface area contributed by atoms with Crippen LogP contribution in [0.5, 0.6) is 0 Å². The van der Waals surface area contributed by atoms with Crippen molar-refractivity contribution in [2.75, 3.05) is 0 Å². The van der Waals surface area contributed by atoms with Crippen molar-refractivity contribution in [2.45, 2.75) is 83.3 Å². The molecule has 1 unspecified atom stereocenters. The van der Waals surface area contributed by atoms with Crippen LogP contribution in [0, 0.1) is 5.41 Å². The average Bonchev–Trinajstić information content (AvgIpc) is 3.18. The molecule has 0 saturated heterocycles. The van der Waals surface area contributed by atoms with Crippen molar-refractivity contribution in [2.24, 2.45) is 5.41 Å². The summed E-state index contributed by atoms with van der Waals surface area (Å²) >= 11 is 4.01. The number of thioether (sulfide) groups is 1. The van der Waals surface area contributed by atoms with Crippen molar-refractivity contribution in [3.8, 4) is 0 Å². The lowest BCUT2D eigenvalue weighted by Gasteiger charge is -2.34. The number of hydrogen-bond acceptors (Lipinski definition) is 2. The second-order valence-corrected chi connectivity index (χ2v) is 8.68. The maximum absolute atomic E-state index is 2.57. The van der Waals surface area contributed by atoms with E-state index in [0.717, 1.165) is 0 Å². The number of hydrogen-bond donors (Lipinski definition) is 0. The van der Waals surface area contributed by atoms with E-state index in [1.807, 2.05) is 11.3 Å². The summed E-state index contributed by atoms with van der Waals surface area (Å²) < 4.78 is 0. The molecule has 2 heterocycles. The minimum absolute atomic E-state index is 0.428. The van der Waals surface area contributed by atoms with Crippen LogP contribution in [0.3, 0.4) is 0 Å². The van der Waals surface area contributed by atoms with E-state index >= 15 is 0 Å². The van der Waals surface area contributed by atoms with Gasteiger partial charge in [-0.3, -0.25) is 0 Å². The summed E-state index contributed by atoms with van der Waals surface area (Å²) in [5.41, 5.74) is 0.428. The molecule has 0 radical (unpaired) electrons. The second kappa shape index (κ2) is 9.82. The highest BCUT2D eigenvalue weighted by atomic mass is 32.2. The summed E-state index contributed by atoms with van der Waals surface area (Å²) in [5, 5.41) is 5.31. The molecule has 0 aromatic carbocycles. The molecule has 124 valence electrons. The van der Waals surface area contributed by atoms with Crippen LogP contribution in [-0.4, -0.2) is 0 Å². The fourth-order valence-corrected chi connectivity index (χ4v) is 6.05. The van der Waals surface area contributed by atoms with Gasteiger partial charge in [-0.15, -0.1) is 23.1 Å². The molecular formula is C20H32S2. The van der Waals surface area contributed by atoms with Gasteiger partial charge in [-0.25, -0.2) is 0 Å². The maximum atomic E-state index is 2.57. The molecule has 2 rings (SSSR count). The van der Waals surface area contributed by atoms with E-state index < -0.39 is 0 Å². The summed E-state index contributed by atoms with van der Waals surface area (Å²) in [6.45, 7) is 4.61. The number of thiophene rings is 1. The summed E-state index contributed by atoms with van der Waals surface area (Å²) in [5.74, 6) is 0. The predicted molar refractivity (Wildman–Crippen MR) is 104 cm³/mol. The highest BCUT2D eigenvalue weighted by Gasteiger charge is 2.40. The predicted octanol–water partition coefficient (Wildman–Crippen LogP) is 7.98. The number of allylic oxidation sites excluding steroid dienone is 1. The topological polar surface area (TPSA) is 0 Å². The van der Waals surface area contributed by atoms with Crippen LogP contribution in [0.2, 0.25) is 0 Å².